The third-order valence-electron chi connectivity index (χ3n) is 5.53. The predicted octanol–water partition coefficient (Wildman–Crippen LogP) is 3.40. The molecule has 0 aliphatic carbocycles. The topological polar surface area (TPSA) is 127 Å². The first-order valence-corrected chi connectivity index (χ1v) is 11.6. The Kier molecular flexibility index (Phi) is 7.61. The van der Waals surface area contributed by atoms with E-state index in [1.807, 2.05) is 0 Å². The van der Waals surface area contributed by atoms with E-state index in [-0.39, 0.29) is 35.4 Å². The van der Waals surface area contributed by atoms with E-state index in [1.54, 1.807) is 56.6 Å². The van der Waals surface area contributed by atoms with Crippen molar-refractivity contribution in [2.45, 2.75) is 0 Å². The molecule has 0 bridgehead atoms. The van der Waals surface area contributed by atoms with Crippen LogP contribution in [-0.4, -0.2) is 72.4 Å². The second-order valence-electron chi connectivity index (χ2n) is 8.15. The molecule has 11 heteroatoms. The van der Waals surface area contributed by atoms with Gasteiger partial charge in [-0.3, -0.25) is 9.59 Å². The van der Waals surface area contributed by atoms with Crippen LogP contribution in [-0.2, 0) is 0 Å². The Morgan fingerprint density at radius 2 is 1.84 bits per heavy atom. The fourth-order valence-corrected chi connectivity index (χ4v) is 4.02. The number of aromatic nitrogens is 3. The smallest absolute Gasteiger partial charge is 0.262 e. The van der Waals surface area contributed by atoms with E-state index in [2.05, 4.69) is 15.0 Å². The summed E-state index contributed by atoms with van der Waals surface area (Å²) in [6.07, 6.45) is 0. The molecule has 10 nitrogen and oxygen atoms in total. The highest BCUT2D eigenvalue weighted by atomic mass is 35.5. The number of hydrogen-bond acceptors (Lipinski definition) is 8. The molecule has 0 aliphatic rings. The van der Waals surface area contributed by atoms with Crippen molar-refractivity contribution in [3.8, 4) is 40.0 Å². The number of halogens is 1. The van der Waals surface area contributed by atoms with Gasteiger partial charge >= 0.3 is 0 Å². The minimum atomic E-state index is -0.409. The van der Waals surface area contributed by atoms with E-state index >= 15 is 0 Å². The number of pyridine rings is 1. The molecule has 0 radical (unpaired) electrons. The molecule has 0 atom stereocenters. The van der Waals surface area contributed by atoms with Crippen molar-refractivity contribution in [2.24, 2.45) is 0 Å². The molecular formula is C26H25ClN4O6. The number of fused-ring (bicyclic) bond motifs is 1. The first kappa shape index (κ1) is 25.9. The number of aliphatic hydroxyl groups excluding tert-OH is 1. The summed E-state index contributed by atoms with van der Waals surface area (Å²) in [5.41, 5.74) is 1.56. The molecule has 2 heterocycles. The standard InChI is InChI=1S/C26H25ClN4O6/c1-31(2)26(34)14-5-6-16(17(27)11-14)23-20(37-10-9-32)8-7-18(28-23)24-29-19-12-15(35-3)13-21(36-4)22(19)25(33)30-24/h5-8,11-13,32H,9-10H2,1-4H3,(H,29,30,33). The summed E-state index contributed by atoms with van der Waals surface area (Å²) in [6.45, 7) is -0.165. The summed E-state index contributed by atoms with van der Waals surface area (Å²) in [5, 5.41) is 9.81. The molecule has 0 fully saturated rings. The average molecular weight is 525 g/mol. The largest absolute Gasteiger partial charge is 0.497 e. The zero-order valence-corrected chi connectivity index (χ0v) is 21.4. The lowest BCUT2D eigenvalue weighted by Gasteiger charge is -2.15. The molecule has 0 aliphatic heterocycles. The Labute approximate surface area is 217 Å². The molecule has 1 amide bonds. The van der Waals surface area contributed by atoms with Crippen LogP contribution in [0.1, 0.15) is 10.4 Å². The van der Waals surface area contributed by atoms with Crippen molar-refractivity contribution in [3.63, 3.8) is 0 Å². The van der Waals surface area contributed by atoms with Gasteiger partial charge in [0.05, 0.1) is 31.4 Å². The number of aliphatic hydroxyl groups is 1. The van der Waals surface area contributed by atoms with Gasteiger partial charge in [-0.1, -0.05) is 17.7 Å². The first-order valence-electron chi connectivity index (χ1n) is 11.2. The Bertz CT molecular complexity index is 1540. The fourth-order valence-electron chi connectivity index (χ4n) is 3.75. The molecular weight excluding hydrogens is 500 g/mol. The lowest BCUT2D eigenvalue weighted by molar-refractivity contribution is 0.0827. The van der Waals surface area contributed by atoms with E-state index in [0.29, 0.717) is 45.3 Å². The van der Waals surface area contributed by atoms with Crippen LogP contribution in [0.3, 0.4) is 0 Å². The van der Waals surface area contributed by atoms with E-state index < -0.39 is 5.56 Å². The number of rotatable bonds is 8. The highest BCUT2D eigenvalue weighted by molar-refractivity contribution is 6.33. The van der Waals surface area contributed by atoms with Crippen LogP contribution < -0.4 is 19.8 Å². The number of amides is 1. The van der Waals surface area contributed by atoms with Crippen LogP contribution >= 0.6 is 11.6 Å². The van der Waals surface area contributed by atoms with Crippen molar-refractivity contribution in [3.05, 3.63) is 63.4 Å². The van der Waals surface area contributed by atoms with E-state index in [0.717, 1.165) is 0 Å². The van der Waals surface area contributed by atoms with Gasteiger partial charge in [0, 0.05) is 37.4 Å². The molecule has 4 aromatic rings. The molecule has 2 aromatic heterocycles. The highest BCUT2D eigenvalue weighted by Gasteiger charge is 2.19. The summed E-state index contributed by atoms with van der Waals surface area (Å²) in [4.78, 5) is 38.8. The van der Waals surface area contributed by atoms with Gasteiger partial charge < -0.3 is 29.2 Å². The summed E-state index contributed by atoms with van der Waals surface area (Å²) in [6, 6.07) is 11.4. The number of nitrogens with zero attached hydrogens (tertiary/aromatic N) is 3. The maximum absolute atomic E-state index is 13.0. The molecule has 37 heavy (non-hydrogen) atoms. The van der Waals surface area contributed by atoms with Crippen molar-refractivity contribution < 1.29 is 24.1 Å². The molecule has 4 rings (SSSR count). The van der Waals surface area contributed by atoms with Gasteiger partial charge in [0.2, 0.25) is 0 Å². The van der Waals surface area contributed by atoms with E-state index in [9.17, 15) is 14.7 Å². The number of ether oxygens (including phenoxy) is 3. The number of hydrogen-bond donors (Lipinski definition) is 2. The maximum Gasteiger partial charge on any atom is 0.262 e. The predicted molar refractivity (Wildman–Crippen MR) is 140 cm³/mol. The molecule has 0 saturated heterocycles. The van der Waals surface area contributed by atoms with Gasteiger partial charge in [-0.2, -0.15) is 0 Å². The molecule has 2 aromatic carbocycles. The first-order chi connectivity index (χ1) is 17.8. The van der Waals surface area contributed by atoms with Gasteiger partial charge in [0.25, 0.3) is 11.5 Å². The van der Waals surface area contributed by atoms with Crippen molar-refractivity contribution in [2.75, 3.05) is 41.5 Å². The summed E-state index contributed by atoms with van der Waals surface area (Å²) < 4.78 is 16.3. The minimum Gasteiger partial charge on any atom is -0.497 e. The molecule has 0 saturated carbocycles. The SMILES string of the molecule is COc1cc(OC)c2c(=O)[nH]c(-c3ccc(OCCO)c(-c4ccc(C(=O)N(C)C)cc4Cl)n3)nc2c1. The van der Waals surface area contributed by atoms with E-state index in [1.165, 1.54) is 19.1 Å². The molecule has 0 unspecified atom stereocenters. The Morgan fingerprint density at radius 1 is 1.05 bits per heavy atom. The molecule has 192 valence electrons. The second kappa shape index (κ2) is 10.9. The lowest BCUT2D eigenvalue weighted by Crippen LogP contribution is -2.21. The third kappa shape index (κ3) is 5.20. The van der Waals surface area contributed by atoms with Crippen LogP contribution in [0.4, 0.5) is 0 Å². The Morgan fingerprint density at radius 3 is 2.49 bits per heavy atom. The van der Waals surface area contributed by atoms with Gasteiger partial charge in [0.15, 0.2) is 5.82 Å². The number of benzene rings is 2. The van der Waals surface area contributed by atoms with Crippen molar-refractivity contribution in [1.29, 1.82) is 0 Å². The summed E-state index contributed by atoms with van der Waals surface area (Å²) in [5.74, 6) is 1.18. The van der Waals surface area contributed by atoms with Gasteiger partial charge in [-0.15, -0.1) is 0 Å². The third-order valence-corrected chi connectivity index (χ3v) is 5.84. The molecule has 0 spiro atoms. The van der Waals surface area contributed by atoms with Crippen LogP contribution in [0, 0.1) is 0 Å². The van der Waals surface area contributed by atoms with Crippen LogP contribution in [0.2, 0.25) is 5.02 Å². The monoisotopic (exact) mass is 524 g/mol. The average Bonchev–Trinajstić information content (AvgIpc) is 2.90. The van der Waals surface area contributed by atoms with Crippen LogP contribution in [0.5, 0.6) is 17.2 Å². The Balaban J connectivity index is 1.88. The number of carbonyl (C=O) groups excluding carboxylic acids is 1. The number of H-pyrrole nitrogens is 1. The zero-order chi connectivity index (χ0) is 26.7. The maximum atomic E-state index is 13.0. The van der Waals surface area contributed by atoms with E-state index in [4.69, 9.17) is 25.8 Å². The molecule has 2 N–H and O–H groups in total. The Hall–Kier alpha value is -4.15. The number of methoxy groups -OCH3 is 2. The zero-order valence-electron chi connectivity index (χ0n) is 20.7. The van der Waals surface area contributed by atoms with Gasteiger partial charge in [-0.25, -0.2) is 9.97 Å². The number of nitrogens with one attached hydrogen (secondary N) is 1. The van der Waals surface area contributed by atoms with Crippen molar-refractivity contribution >= 4 is 28.4 Å². The van der Waals surface area contributed by atoms with Gasteiger partial charge in [-0.05, 0) is 24.3 Å². The van der Waals surface area contributed by atoms with Crippen molar-refractivity contribution in [1.82, 2.24) is 19.9 Å². The van der Waals surface area contributed by atoms with Gasteiger partial charge in [0.1, 0.15) is 40.6 Å². The quantitative estimate of drug-likeness (QED) is 0.359. The normalized spacial score (nSPS) is 10.9. The number of carbonyl (C=O) groups is 1. The van der Waals surface area contributed by atoms with Crippen LogP contribution in [0.15, 0.2) is 47.3 Å². The minimum absolute atomic E-state index is 0.0352. The summed E-state index contributed by atoms with van der Waals surface area (Å²) in [7, 11) is 6.27. The summed E-state index contributed by atoms with van der Waals surface area (Å²) >= 11 is 6.57. The second-order valence-corrected chi connectivity index (χ2v) is 8.56. The lowest BCUT2D eigenvalue weighted by atomic mass is 10.1. The fraction of sp³-hybridized carbons (Fsp3) is 0.231. The highest BCUT2D eigenvalue weighted by Crippen LogP contribution is 2.36. The number of aromatic amines is 1. The van der Waals surface area contributed by atoms with Crippen LogP contribution in [0.25, 0.3) is 33.7 Å².